The maximum Gasteiger partial charge on any atom is 0.0583 e. The SMILES string of the molecule is CN(C)C1CCCN(CCC(N)CO)C1. The molecule has 0 bridgehead atoms. The standard InChI is InChI=1S/C11H25N3O/c1-13(2)11-4-3-6-14(8-11)7-5-10(12)9-15/h10-11,15H,3-9,12H2,1-2H3. The highest BCUT2D eigenvalue weighted by Gasteiger charge is 2.21. The van der Waals surface area contributed by atoms with Crippen LogP contribution in [0.15, 0.2) is 0 Å². The normalized spacial score (nSPS) is 25.8. The first-order valence-corrected chi connectivity index (χ1v) is 5.88. The number of piperidine rings is 1. The van der Waals surface area contributed by atoms with E-state index in [0.29, 0.717) is 6.04 Å². The summed E-state index contributed by atoms with van der Waals surface area (Å²) in [7, 11) is 4.29. The molecule has 3 N–H and O–H groups in total. The van der Waals surface area contributed by atoms with E-state index in [1.165, 1.54) is 19.4 Å². The van der Waals surface area contributed by atoms with Gasteiger partial charge in [-0.25, -0.2) is 0 Å². The fraction of sp³-hybridized carbons (Fsp3) is 1.00. The number of aliphatic hydroxyl groups excluding tert-OH is 1. The first kappa shape index (κ1) is 12.9. The van der Waals surface area contributed by atoms with Gasteiger partial charge in [0.15, 0.2) is 0 Å². The van der Waals surface area contributed by atoms with Crippen LogP contribution in [0.1, 0.15) is 19.3 Å². The van der Waals surface area contributed by atoms with Crippen LogP contribution in [0.4, 0.5) is 0 Å². The number of hydrogen-bond acceptors (Lipinski definition) is 4. The van der Waals surface area contributed by atoms with Gasteiger partial charge in [-0.2, -0.15) is 0 Å². The average molecular weight is 215 g/mol. The van der Waals surface area contributed by atoms with Crippen molar-refractivity contribution in [2.75, 3.05) is 40.3 Å². The molecule has 0 amide bonds. The minimum atomic E-state index is -0.0512. The van der Waals surface area contributed by atoms with Gasteiger partial charge in [0, 0.05) is 18.6 Å². The van der Waals surface area contributed by atoms with Gasteiger partial charge in [-0.15, -0.1) is 0 Å². The zero-order chi connectivity index (χ0) is 11.3. The van der Waals surface area contributed by atoms with Crippen molar-refractivity contribution in [3.05, 3.63) is 0 Å². The molecule has 1 heterocycles. The van der Waals surface area contributed by atoms with Crippen LogP contribution in [0, 0.1) is 0 Å². The minimum Gasteiger partial charge on any atom is -0.395 e. The van der Waals surface area contributed by atoms with E-state index < -0.39 is 0 Å². The van der Waals surface area contributed by atoms with Crippen LogP contribution < -0.4 is 5.73 Å². The smallest absolute Gasteiger partial charge is 0.0583 e. The Morgan fingerprint density at radius 3 is 2.87 bits per heavy atom. The van der Waals surface area contributed by atoms with Gasteiger partial charge in [-0.05, 0) is 46.4 Å². The Balaban J connectivity index is 2.24. The average Bonchev–Trinajstić information content (AvgIpc) is 2.26. The zero-order valence-electron chi connectivity index (χ0n) is 10.0. The Kier molecular flexibility index (Phi) is 5.53. The van der Waals surface area contributed by atoms with E-state index in [-0.39, 0.29) is 12.6 Å². The molecule has 0 saturated carbocycles. The van der Waals surface area contributed by atoms with Crippen LogP contribution in [0.25, 0.3) is 0 Å². The number of rotatable bonds is 5. The van der Waals surface area contributed by atoms with Crippen LogP contribution in [-0.2, 0) is 0 Å². The van der Waals surface area contributed by atoms with Crippen molar-refractivity contribution >= 4 is 0 Å². The maximum atomic E-state index is 8.85. The highest BCUT2D eigenvalue weighted by molar-refractivity contribution is 4.78. The van der Waals surface area contributed by atoms with Crippen LogP contribution in [0.2, 0.25) is 0 Å². The van der Waals surface area contributed by atoms with Gasteiger partial charge in [-0.1, -0.05) is 0 Å². The van der Waals surface area contributed by atoms with Crippen molar-refractivity contribution in [2.45, 2.75) is 31.3 Å². The van der Waals surface area contributed by atoms with Gasteiger partial charge >= 0.3 is 0 Å². The number of likely N-dealkylation sites (N-methyl/N-ethyl adjacent to an activating group) is 1. The summed E-state index contributed by atoms with van der Waals surface area (Å²) in [4.78, 5) is 4.77. The first-order chi connectivity index (χ1) is 7.13. The molecule has 1 saturated heterocycles. The van der Waals surface area contributed by atoms with Crippen molar-refractivity contribution in [2.24, 2.45) is 5.73 Å². The van der Waals surface area contributed by atoms with E-state index in [4.69, 9.17) is 10.8 Å². The molecule has 0 aliphatic carbocycles. The molecule has 0 aromatic heterocycles. The molecule has 4 nitrogen and oxygen atoms in total. The third kappa shape index (κ3) is 4.47. The fourth-order valence-corrected chi connectivity index (χ4v) is 2.10. The topological polar surface area (TPSA) is 52.7 Å². The highest BCUT2D eigenvalue weighted by Crippen LogP contribution is 2.13. The van der Waals surface area contributed by atoms with Crippen molar-refractivity contribution in [3.63, 3.8) is 0 Å². The van der Waals surface area contributed by atoms with Crippen LogP contribution in [-0.4, -0.2) is 67.3 Å². The number of likely N-dealkylation sites (tertiary alicyclic amines) is 1. The Labute approximate surface area is 93.0 Å². The molecule has 0 aromatic carbocycles. The molecule has 0 radical (unpaired) electrons. The van der Waals surface area contributed by atoms with Crippen LogP contribution in [0.5, 0.6) is 0 Å². The highest BCUT2D eigenvalue weighted by atomic mass is 16.3. The second-order valence-corrected chi connectivity index (χ2v) is 4.79. The second-order valence-electron chi connectivity index (χ2n) is 4.79. The third-order valence-corrected chi connectivity index (χ3v) is 3.26. The quantitative estimate of drug-likeness (QED) is 0.662. The number of nitrogens with two attached hydrogens (primary N) is 1. The Hall–Kier alpha value is -0.160. The summed E-state index contributed by atoms with van der Waals surface area (Å²) in [6.45, 7) is 3.45. The monoisotopic (exact) mass is 215 g/mol. The minimum absolute atomic E-state index is 0.0512. The van der Waals surface area contributed by atoms with Crippen molar-refractivity contribution in [3.8, 4) is 0 Å². The molecular weight excluding hydrogens is 190 g/mol. The molecule has 90 valence electrons. The first-order valence-electron chi connectivity index (χ1n) is 5.88. The maximum absolute atomic E-state index is 8.85. The summed E-state index contributed by atoms with van der Waals surface area (Å²) in [5.74, 6) is 0. The van der Waals surface area contributed by atoms with Crippen LogP contribution >= 0.6 is 0 Å². The molecule has 1 aliphatic heterocycles. The molecule has 2 atom stereocenters. The summed E-state index contributed by atoms with van der Waals surface area (Å²) in [5, 5.41) is 8.85. The summed E-state index contributed by atoms with van der Waals surface area (Å²) in [6, 6.07) is 0.633. The van der Waals surface area contributed by atoms with Crippen LogP contribution in [0.3, 0.4) is 0 Å². The summed E-state index contributed by atoms with van der Waals surface area (Å²) >= 11 is 0. The molecular formula is C11H25N3O. The van der Waals surface area contributed by atoms with E-state index >= 15 is 0 Å². The Morgan fingerprint density at radius 1 is 1.53 bits per heavy atom. The molecule has 2 unspecified atom stereocenters. The van der Waals surface area contributed by atoms with Gasteiger partial charge in [0.25, 0.3) is 0 Å². The summed E-state index contributed by atoms with van der Waals surface area (Å²) in [5.41, 5.74) is 5.70. The summed E-state index contributed by atoms with van der Waals surface area (Å²) < 4.78 is 0. The number of hydrogen-bond donors (Lipinski definition) is 2. The largest absolute Gasteiger partial charge is 0.395 e. The van der Waals surface area contributed by atoms with E-state index in [1.807, 2.05) is 0 Å². The number of aliphatic hydroxyl groups is 1. The Morgan fingerprint density at radius 2 is 2.27 bits per heavy atom. The zero-order valence-corrected chi connectivity index (χ0v) is 10.0. The lowest BCUT2D eigenvalue weighted by molar-refractivity contribution is 0.127. The Bertz CT molecular complexity index is 175. The van der Waals surface area contributed by atoms with Crippen molar-refractivity contribution in [1.82, 2.24) is 9.80 Å². The molecule has 15 heavy (non-hydrogen) atoms. The third-order valence-electron chi connectivity index (χ3n) is 3.26. The molecule has 4 heteroatoms. The van der Waals surface area contributed by atoms with E-state index in [9.17, 15) is 0 Å². The van der Waals surface area contributed by atoms with Gasteiger partial charge < -0.3 is 20.6 Å². The molecule has 0 spiro atoms. The second kappa shape index (κ2) is 6.43. The van der Waals surface area contributed by atoms with Gasteiger partial charge in [0.1, 0.15) is 0 Å². The lowest BCUT2D eigenvalue weighted by Gasteiger charge is -2.36. The van der Waals surface area contributed by atoms with Crippen molar-refractivity contribution < 1.29 is 5.11 Å². The number of nitrogens with zero attached hydrogens (tertiary/aromatic N) is 2. The molecule has 1 rings (SSSR count). The fourth-order valence-electron chi connectivity index (χ4n) is 2.10. The lowest BCUT2D eigenvalue weighted by Crippen LogP contribution is -2.46. The predicted molar refractivity (Wildman–Crippen MR) is 62.8 cm³/mol. The molecule has 0 aromatic rings. The van der Waals surface area contributed by atoms with E-state index in [2.05, 4.69) is 23.9 Å². The lowest BCUT2D eigenvalue weighted by atomic mass is 10.0. The molecule has 1 aliphatic rings. The van der Waals surface area contributed by atoms with E-state index in [1.54, 1.807) is 0 Å². The van der Waals surface area contributed by atoms with E-state index in [0.717, 1.165) is 19.5 Å². The van der Waals surface area contributed by atoms with Crippen molar-refractivity contribution in [1.29, 1.82) is 0 Å². The van der Waals surface area contributed by atoms with Gasteiger partial charge in [0.2, 0.25) is 0 Å². The molecule has 1 fully saturated rings. The summed E-state index contributed by atoms with van der Waals surface area (Å²) in [6.07, 6.45) is 3.48. The predicted octanol–water partition coefficient (Wildman–Crippen LogP) is -0.278. The van der Waals surface area contributed by atoms with Gasteiger partial charge in [0.05, 0.1) is 6.61 Å². The van der Waals surface area contributed by atoms with Gasteiger partial charge in [-0.3, -0.25) is 0 Å².